The predicted molar refractivity (Wildman–Crippen MR) is 127 cm³/mol. The van der Waals surface area contributed by atoms with E-state index in [4.69, 9.17) is 0 Å². The highest BCUT2D eigenvalue weighted by molar-refractivity contribution is 7.14. The Hall–Kier alpha value is -3.03. The molecule has 5 rings (SSSR count). The summed E-state index contributed by atoms with van der Waals surface area (Å²) in [6.07, 6.45) is 6.05. The number of aryl methyl sites for hydroxylation is 1. The average molecular weight is 444 g/mol. The van der Waals surface area contributed by atoms with Crippen LogP contribution in [0.3, 0.4) is 0 Å². The Morgan fingerprint density at radius 1 is 1.06 bits per heavy atom. The highest BCUT2D eigenvalue weighted by atomic mass is 32.1. The molecule has 1 fully saturated rings. The van der Waals surface area contributed by atoms with E-state index in [0.717, 1.165) is 63.7 Å². The quantitative estimate of drug-likeness (QED) is 0.417. The zero-order valence-corrected chi connectivity index (χ0v) is 19.1. The zero-order chi connectivity index (χ0) is 22.1. The summed E-state index contributed by atoms with van der Waals surface area (Å²) < 4.78 is 0. The van der Waals surface area contributed by atoms with E-state index in [0.29, 0.717) is 11.5 Å². The molecule has 1 saturated heterocycles. The van der Waals surface area contributed by atoms with E-state index >= 15 is 0 Å². The molecule has 0 radical (unpaired) electrons. The van der Waals surface area contributed by atoms with Crippen LogP contribution in [0.5, 0.6) is 0 Å². The number of hydrogen-bond donors (Lipinski definition) is 0. The first kappa shape index (κ1) is 20.8. The minimum atomic E-state index is 0.0735. The number of ketones is 1. The number of pyridine rings is 2. The summed E-state index contributed by atoms with van der Waals surface area (Å²) >= 11 is 1.57. The van der Waals surface area contributed by atoms with Crippen molar-refractivity contribution < 1.29 is 4.79 Å². The highest BCUT2D eigenvalue weighted by Gasteiger charge is 2.20. The van der Waals surface area contributed by atoms with Crippen molar-refractivity contribution in [3.05, 3.63) is 70.8 Å². The Labute approximate surface area is 191 Å². The van der Waals surface area contributed by atoms with Crippen molar-refractivity contribution >= 4 is 27.9 Å². The summed E-state index contributed by atoms with van der Waals surface area (Å²) in [5, 5.41) is 12.3. The summed E-state index contributed by atoms with van der Waals surface area (Å²) in [6, 6.07) is 12.0. The summed E-state index contributed by atoms with van der Waals surface area (Å²) in [7, 11) is 2.15. The van der Waals surface area contributed by atoms with Gasteiger partial charge in [0.25, 0.3) is 0 Å². The number of hydrogen-bond acceptors (Lipinski definition) is 7. The summed E-state index contributed by atoms with van der Waals surface area (Å²) in [5.41, 5.74) is 3.55. The van der Waals surface area contributed by atoms with Gasteiger partial charge in [-0.1, -0.05) is 23.5 Å². The molecule has 0 unspecified atom stereocenters. The standard InChI is InChI=1S/C25H25N5OS/c1-16-28-29-25(32-16)19-3-4-20-15-27-22(12-21(20)11-19)14-24(31)18-5-8-26-23(13-18)17-6-9-30(2)10-7-17/h3-5,8,11-13,15,17H,6-7,9-10,14H2,1-2H3. The summed E-state index contributed by atoms with van der Waals surface area (Å²) in [4.78, 5) is 24.5. The maximum absolute atomic E-state index is 13.0. The molecule has 0 aliphatic carbocycles. The topological polar surface area (TPSA) is 71.9 Å². The van der Waals surface area contributed by atoms with Crippen molar-refractivity contribution in [3.63, 3.8) is 0 Å². The Bertz CT molecular complexity index is 1280. The normalized spacial score (nSPS) is 15.3. The van der Waals surface area contributed by atoms with Gasteiger partial charge >= 0.3 is 0 Å². The lowest BCUT2D eigenvalue weighted by atomic mass is 9.92. The molecule has 0 spiro atoms. The summed E-state index contributed by atoms with van der Waals surface area (Å²) in [5.74, 6) is 0.504. The SMILES string of the molecule is Cc1nnc(-c2ccc3cnc(CC(=O)c4ccnc(C5CCN(C)CC5)c4)cc3c2)s1. The number of likely N-dealkylation sites (tertiary alicyclic amines) is 1. The van der Waals surface area contributed by atoms with Crippen molar-refractivity contribution in [1.82, 2.24) is 25.1 Å². The fraction of sp³-hybridized carbons (Fsp3) is 0.320. The largest absolute Gasteiger partial charge is 0.306 e. The van der Waals surface area contributed by atoms with Gasteiger partial charge in [-0.25, -0.2) is 0 Å². The third-order valence-electron chi connectivity index (χ3n) is 6.13. The molecule has 162 valence electrons. The Balaban J connectivity index is 1.36. The van der Waals surface area contributed by atoms with Crippen molar-refractivity contribution in [2.24, 2.45) is 0 Å². The van der Waals surface area contributed by atoms with Crippen LogP contribution in [0.25, 0.3) is 21.3 Å². The van der Waals surface area contributed by atoms with Gasteiger partial charge in [-0.2, -0.15) is 0 Å². The first-order valence-corrected chi connectivity index (χ1v) is 11.7. The minimum Gasteiger partial charge on any atom is -0.306 e. The Morgan fingerprint density at radius 3 is 2.69 bits per heavy atom. The fourth-order valence-electron chi connectivity index (χ4n) is 4.25. The van der Waals surface area contributed by atoms with E-state index in [1.807, 2.05) is 43.5 Å². The van der Waals surface area contributed by atoms with Gasteiger partial charge in [0.05, 0.1) is 6.42 Å². The number of Topliss-reactive ketones (excluding diaryl/α,β-unsaturated/α-hetero) is 1. The number of benzene rings is 1. The van der Waals surface area contributed by atoms with E-state index < -0.39 is 0 Å². The summed E-state index contributed by atoms with van der Waals surface area (Å²) in [6.45, 7) is 4.10. The Kier molecular flexibility index (Phi) is 5.76. The number of carbonyl (C=O) groups is 1. The van der Waals surface area contributed by atoms with Crippen LogP contribution in [0.2, 0.25) is 0 Å². The van der Waals surface area contributed by atoms with E-state index in [9.17, 15) is 4.79 Å². The monoisotopic (exact) mass is 443 g/mol. The molecule has 1 aliphatic heterocycles. The molecule has 6 nitrogen and oxygen atoms in total. The molecule has 0 atom stereocenters. The molecule has 0 saturated carbocycles. The second-order valence-corrected chi connectivity index (χ2v) is 9.69. The number of aromatic nitrogens is 4. The van der Waals surface area contributed by atoms with Gasteiger partial charge in [-0.15, -0.1) is 10.2 Å². The molecule has 7 heteroatoms. The second kappa shape index (κ2) is 8.84. The van der Waals surface area contributed by atoms with Crippen LogP contribution in [-0.2, 0) is 6.42 Å². The van der Waals surface area contributed by atoms with E-state index in [2.05, 4.69) is 38.2 Å². The highest BCUT2D eigenvalue weighted by Crippen LogP contribution is 2.28. The van der Waals surface area contributed by atoms with E-state index in [1.54, 1.807) is 17.5 Å². The molecule has 32 heavy (non-hydrogen) atoms. The molecule has 0 N–H and O–H groups in total. The van der Waals surface area contributed by atoms with Crippen molar-refractivity contribution in [1.29, 1.82) is 0 Å². The van der Waals surface area contributed by atoms with Gasteiger partial charge in [0.2, 0.25) is 0 Å². The number of piperidine rings is 1. The van der Waals surface area contributed by atoms with Crippen molar-refractivity contribution in [2.75, 3.05) is 20.1 Å². The number of fused-ring (bicyclic) bond motifs is 1. The van der Waals surface area contributed by atoms with Gasteiger partial charge in [0.1, 0.15) is 10.0 Å². The molecular formula is C25H25N5OS. The molecule has 1 aromatic carbocycles. The lowest BCUT2D eigenvalue weighted by molar-refractivity contribution is 0.0991. The lowest BCUT2D eigenvalue weighted by Gasteiger charge is -2.28. The van der Waals surface area contributed by atoms with Gasteiger partial charge < -0.3 is 4.90 Å². The number of rotatable bonds is 5. The van der Waals surface area contributed by atoms with Crippen molar-refractivity contribution in [3.8, 4) is 10.6 Å². The number of nitrogens with zero attached hydrogens (tertiary/aromatic N) is 5. The zero-order valence-electron chi connectivity index (χ0n) is 18.3. The van der Waals surface area contributed by atoms with Gasteiger partial charge in [0, 0.05) is 46.2 Å². The van der Waals surface area contributed by atoms with Crippen LogP contribution < -0.4 is 0 Å². The minimum absolute atomic E-state index is 0.0735. The average Bonchev–Trinajstić information content (AvgIpc) is 3.25. The van der Waals surface area contributed by atoms with E-state index in [-0.39, 0.29) is 12.2 Å². The van der Waals surface area contributed by atoms with Crippen molar-refractivity contribution in [2.45, 2.75) is 32.1 Å². The molecule has 3 aromatic heterocycles. The van der Waals surface area contributed by atoms with Gasteiger partial charge in [0.15, 0.2) is 5.78 Å². The van der Waals surface area contributed by atoms with Crippen LogP contribution >= 0.6 is 11.3 Å². The molecule has 4 aromatic rings. The molecule has 4 heterocycles. The lowest BCUT2D eigenvalue weighted by Crippen LogP contribution is -2.29. The molecule has 1 aliphatic rings. The van der Waals surface area contributed by atoms with Gasteiger partial charge in [-0.3, -0.25) is 14.8 Å². The van der Waals surface area contributed by atoms with E-state index in [1.165, 1.54) is 0 Å². The third-order valence-corrected chi connectivity index (χ3v) is 7.02. The smallest absolute Gasteiger partial charge is 0.168 e. The first-order valence-electron chi connectivity index (χ1n) is 10.9. The maximum Gasteiger partial charge on any atom is 0.168 e. The number of carbonyl (C=O) groups excluding carboxylic acids is 1. The third kappa shape index (κ3) is 4.45. The molecular weight excluding hydrogens is 418 g/mol. The molecule has 0 amide bonds. The Morgan fingerprint density at radius 2 is 1.91 bits per heavy atom. The second-order valence-electron chi connectivity index (χ2n) is 8.51. The van der Waals surface area contributed by atoms with Gasteiger partial charge in [-0.05, 0) is 69.6 Å². The fourth-order valence-corrected chi connectivity index (χ4v) is 4.93. The molecule has 0 bridgehead atoms. The van der Waals surface area contributed by atoms with Crippen LogP contribution in [-0.4, -0.2) is 51.0 Å². The van der Waals surface area contributed by atoms with Crippen LogP contribution in [0.4, 0.5) is 0 Å². The van der Waals surface area contributed by atoms with Crippen LogP contribution in [0, 0.1) is 6.92 Å². The van der Waals surface area contributed by atoms with Crippen LogP contribution in [0.1, 0.15) is 45.5 Å². The predicted octanol–water partition coefficient (Wildman–Crippen LogP) is 4.69. The first-order chi connectivity index (χ1) is 15.5. The van der Waals surface area contributed by atoms with Crippen LogP contribution in [0.15, 0.2) is 48.8 Å². The maximum atomic E-state index is 13.0.